The third-order valence-electron chi connectivity index (χ3n) is 4.59. The lowest BCUT2D eigenvalue weighted by molar-refractivity contribution is -0.172. The summed E-state index contributed by atoms with van der Waals surface area (Å²) in [5.74, 6) is 0. The van der Waals surface area contributed by atoms with Gasteiger partial charge in [0.15, 0.2) is 0 Å². The molecule has 1 atom stereocenters. The summed E-state index contributed by atoms with van der Waals surface area (Å²) >= 11 is 0. The van der Waals surface area contributed by atoms with Crippen molar-refractivity contribution in [3.05, 3.63) is 0 Å². The van der Waals surface area contributed by atoms with Crippen molar-refractivity contribution in [1.82, 2.24) is 0 Å². The Morgan fingerprint density at radius 2 is 1.94 bits per heavy atom. The highest BCUT2D eigenvalue weighted by Gasteiger charge is 2.66. The number of rotatable bonds is 4. The van der Waals surface area contributed by atoms with Gasteiger partial charge < -0.3 is 15.2 Å². The smallest absolute Gasteiger partial charge is 0.0987 e. The molecule has 2 N–H and O–H groups in total. The third kappa shape index (κ3) is 1.69. The summed E-state index contributed by atoms with van der Waals surface area (Å²) in [6, 6.07) is 0. The molecular formula is C13H25NO2. The summed E-state index contributed by atoms with van der Waals surface area (Å²) in [6.45, 7) is 5.82. The van der Waals surface area contributed by atoms with E-state index in [-0.39, 0.29) is 16.6 Å². The molecule has 16 heavy (non-hydrogen) atoms. The van der Waals surface area contributed by atoms with Gasteiger partial charge in [0.2, 0.25) is 0 Å². The molecule has 0 aromatic heterocycles. The van der Waals surface area contributed by atoms with Crippen molar-refractivity contribution in [2.45, 2.75) is 57.1 Å². The lowest BCUT2D eigenvalue weighted by Gasteiger charge is -2.49. The van der Waals surface area contributed by atoms with Crippen LogP contribution in [-0.2, 0) is 9.47 Å². The van der Waals surface area contributed by atoms with Gasteiger partial charge in [0, 0.05) is 24.7 Å². The maximum atomic E-state index is 6.39. The summed E-state index contributed by atoms with van der Waals surface area (Å²) < 4.78 is 11.6. The molecular weight excluding hydrogens is 202 g/mol. The van der Waals surface area contributed by atoms with Crippen LogP contribution in [0.3, 0.4) is 0 Å². The van der Waals surface area contributed by atoms with Crippen molar-refractivity contribution in [1.29, 1.82) is 0 Å². The van der Waals surface area contributed by atoms with Crippen molar-refractivity contribution < 1.29 is 9.47 Å². The lowest BCUT2D eigenvalue weighted by Crippen LogP contribution is -2.60. The van der Waals surface area contributed by atoms with Crippen LogP contribution in [0.1, 0.15) is 46.0 Å². The molecule has 1 unspecified atom stereocenters. The zero-order valence-corrected chi connectivity index (χ0v) is 10.8. The zero-order valence-electron chi connectivity index (χ0n) is 10.8. The first-order valence-electron chi connectivity index (χ1n) is 6.39. The Morgan fingerprint density at radius 3 is 2.31 bits per heavy atom. The molecule has 0 aromatic carbocycles. The molecule has 2 rings (SSSR count). The third-order valence-corrected chi connectivity index (χ3v) is 4.59. The highest BCUT2D eigenvalue weighted by molar-refractivity contribution is 5.18. The van der Waals surface area contributed by atoms with E-state index in [1.54, 1.807) is 7.11 Å². The van der Waals surface area contributed by atoms with E-state index in [0.29, 0.717) is 6.61 Å². The van der Waals surface area contributed by atoms with Gasteiger partial charge in [0.1, 0.15) is 0 Å². The first-order valence-corrected chi connectivity index (χ1v) is 6.39. The van der Waals surface area contributed by atoms with Gasteiger partial charge in [0.05, 0.1) is 12.2 Å². The molecule has 1 saturated heterocycles. The van der Waals surface area contributed by atoms with E-state index in [0.717, 1.165) is 13.0 Å². The van der Waals surface area contributed by atoms with Crippen LogP contribution in [0.2, 0.25) is 0 Å². The SMILES string of the molecule is COCC1(C2(C(C)(C)N)CC2)CCCCO1. The van der Waals surface area contributed by atoms with Crippen LogP contribution in [0.4, 0.5) is 0 Å². The largest absolute Gasteiger partial charge is 0.382 e. The quantitative estimate of drug-likeness (QED) is 0.800. The van der Waals surface area contributed by atoms with Gasteiger partial charge in [-0.1, -0.05) is 0 Å². The minimum atomic E-state index is -0.178. The molecule has 1 aliphatic heterocycles. The predicted molar refractivity (Wildman–Crippen MR) is 64.3 cm³/mol. The van der Waals surface area contributed by atoms with Crippen molar-refractivity contribution in [3.8, 4) is 0 Å². The van der Waals surface area contributed by atoms with Gasteiger partial charge in [-0.15, -0.1) is 0 Å². The summed E-state index contributed by atoms with van der Waals surface area (Å²) in [5, 5.41) is 0. The highest BCUT2D eigenvalue weighted by atomic mass is 16.5. The molecule has 0 aromatic rings. The van der Waals surface area contributed by atoms with E-state index in [2.05, 4.69) is 13.8 Å². The summed E-state index contributed by atoms with van der Waals surface area (Å²) in [6.07, 6.45) is 5.87. The van der Waals surface area contributed by atoms with Crippen LogP contribution in [-0.4, -0.2) is 31.5 Å². The van der Waals surface area contributed by atoms with Crippen LogP contribution < -0.4 is 5.73 Å². The Labute approximate surface area is 98.7 Å². The van der Waals surface area contributed by atoms with E-state index in [1.165, 1.54) is 25.7 Å². The Hall–Kier alpha value is -0.120. The summed E-state index contributed by atoms with van der Waals surface area (Å²) in [5.41, 5.74) is 6.22. The molecule has 1 heterocycles. The maximum Gasteiger partial charge on any atom is 0.0987 e. The highest BCUT2D eigenvalue weighted by Crippen LogP contribution is 2.63. The number of methoxy groups -OCH3 is 1. The molecule has 0 bridgehead atoms. The van der Waals surface area contributed by atoms with Gasteiger partial charge in [-0.2, -0.15) is 0 Å². The average Bonchev–Trinajstić information content (AvgIpc) is 2.99. The zero-order chi connectivity index (χ0) is 11.9. The molecule has 3 nitrogen and oxygen atoms in total. The number of hydrogen-bond acceptors (Lipinski definition) is 3. The lowest BCUT2D eigenvalue weighted by atomic mass is 9.69. The normalized spacial score (nSPS) is 33.8. The molecule has 0 spiro atoms. The van der Waals surface area contributed by atoms with Crippen LogP contribution in [0.15, 0.2) is 0 Å². The van der Waals surface area contributed by atoms with E-state index in [4.69, 9.17) is 15.2 Å². The standard InChI is InChI=1S/C13H25NO2/c1-11(2,14)12(7-8-12)13(10-15-3)6-4-5-9-16-13/h4-10,14H2,1-3H3. The Morgan fingerprint density at radius 1 is 1.25 bits per heavy atom. The summed E-state index contributed by atoms with van der Waals surface area (Å²) in [4.78, 5) is 0. The van der Waals surface area contributed by atoms with Crippen molar-refractivity contribution in [2.24, 2.45) is 11.1 Å². The van der Waals surface area contributed by atoms with Crippen molar-refractivity contribution in [3.63, 3.8) is 0 Å². The van der Waals surface area contributed by atoms with Gasteiger partial charge in [-0.25, -0.2) is 0 Å². The Balaban J connectivity index is 2.25. The molecule has 2 aliphatic rings. The molecule has 0 amide bonds. The fourth-order valence-electron chi connectivity index (χ4n) is 3.53. The molecule has 94 valence electrons. The minimum Gasteiger partial charge on any atom is -0.382 e. The van der Waals surface area contributed by atoms with Gasteiger partial charge in [-0.3, -0.25) is 0 Å². The fraction of sp³-hybridized carbons (Fsp3) is 1.00. The second-order valence-electron chi connectivity index (χ2n) is 6.04. The number of hydrogen-bond donors (Lipinski definition) is 1. The molecule has 1 aliphatic carbocycles. The first-order chi connectivity index (χ1) is 7.47. The molecule has 3 heteroatoms. The van der Waals surface area contributed by atoms with Crippen molar-refractivity contribution >= 4 is 0 Å². The number of nitrogens with two attached hydrogens (primary N) is 1. The second-order valence-corrected chi connectivity index (χ2v) is 6.04. The molecule has 0 radical (unpaired) electrons. The topological polar surface area (TPSA) is 44.5 Å². The average molecular weight is 227 g/mol. The Kier molecular flexibility index (Phi) is 3.06. The van der Waals surface area contributed by atoms with Gasteiger partial charge in [-0.05, 0) is 46.0 Å². The molecule has 1 saturated carbocycles. The van der Waals surface area contributed by atoms with Crippen LogP contribution in [0.25, 0.3) is 0 Å². The van der Waals surface area contributed by atoms with E-state index < -0.39 is 0 Å². The van der Waals surface area contributed by atoms with Crippen molar-refractivity contribution in [2.75, 3.05) is 20.3 Å². The summed E-state index contributed by atoms with van der Waals surface area (Å²) in [7, 11) is 1.76. The van der Waals surface area contributed by atoms with Crippen LogP contribution in [0.5, 0.6) is 0 Å². The van der Waals surface area contributed by atoms with Crippen LogP contribution in [0, 0.1) is 5.41 Å². The van der Waals surface area contributed by atoms with E-state index in [9.17, 15) is 0 Å². The monoisotopic (exact) mass is 227 g/mol. The second kappa shape index (κ2) is 3.97. The number of ether oxygens (including phenoxy) is 2. The van der Waals surface area contributed by atoms with Gasteiger partial charge >= 0.3 is 0 Å². The van der Waals surface area contributed by atoms with E-state index >= 15 is 0 Å². The maximum absolute atomic E-state index is 6.39. The Bertz CT molecular complexity index is 242. The molecule has 2 fully saturated rings. The fourth-order valence-corrected chi connectivity index (χ4v) is 3.53. The first kappa shape index (κ1) is 12.3. The van der Waals surface area contributed by atoms with E-state index in [1.807, 2.05) is 0 Å². The predicted octanol–water partition coefficient (Wildman–Crippen LogP) is 2.09. The van der Waals surface area contributed by atoms with Crippen LogP contribution >= 0.6 is 0 Å². The van der Waals surface area contributed by atoms with Gasteiger partial charge in [0.25, 0.3) is 0 Å². The minimum absolute atomic E-state index is 0.127.